The van der Waals surface area contributed by atoms with Gasteiger partial charge in [-0.05, 0) is 80.3 Å². The van der Waals surface area contributed by atoms with Gasteiger partial charge >= 0.3 is 0 Å². The molecule has 0 aliphatic rings. The summed E-state index contributed by atoms with van der Waals surface area (Å²) in [6.07, 6.45) is 0.320. The SMILES string of the molecule is CC[C@@H](C(=O)NC)N(Cc1ccc(Cl)c(Cl)c1)C(=O)CN(c1cc(C)cc(C)c1)S(=O)(=O)c1ccc(C)cc1. The van der Waals surface area contributed by atoms with Crippen molar-refractivity contribution in [2.45, 2.75) is 51.6 Å². The Bertz CT molecular complexity index is 1440. The number of anilines is 1. The molecule has 39 heavy (non-hydrogen) atoms. The maximum atomic E-state index is 14.0. The summed E-state index contributed by atoms with van der Waals surface area (Å²) >= 11 is 12.3. The zero-order valence-electron chi connectivity index (χ0n) is 22.7. The molecule has 0 fully saturated rings. The minimum Gasteiger partial charge on any atom is -0.357 e. The number of carbonyl (C=O) groups excluding carboxylic acids is 2. The molecule has 0 radical (unpaired) electrons. The summed E-state index contributed by atoms with van der Waals surface area (Å²) in [5.41, 5.74) is 3.63. The molecule has 7 nitrogen and oxygen atoms in total. The Morgan fingerprint density at radius 2 is 1.49 bits per heavy atom. The molecule has 3 rings (SSSR count). The van der Waals surface area contributed by atoms with Gasteiger partial charge in [-0.1, -0.05) is 60.0 Å². The fourth-order valence-electron chi connectivity index (χ4n) is 4.38. The minimum atomic E-state index is -4.13. The summed E-state index contributed by atoms with van der Waals surface area (Å²) in [7, 11) is -2.63. The molecule has 1 atom stereocenters. The monoisotopic (exact) mass is 589 g/mol. The van der Waals surface area contributed by atoms with Gasteiger partial charge in [-0.3, -0.25) is 13.9 Å². The highest BCUT2D eigenvalue weighted by atomic mass is 35.5. The second-order valence-corrected chi connectivity index (χ2v) is 12.2. The molecule has 0 unspecified atom stereocenters. The van der Waals surface area contributed by atoms with Crippen LogP contribution in [0.4, 0.5) is 5.69 Å². The van der Waals surface area contributed by atoms with Crippen LogP contribution < -0.4 is 9.62 Å². The van der Waals surface area contributed by atoms with Crippen LogP contribution in [0.3, 0.4) is 0 Å². The number of sulfonamides is 1. The van der Waals surface area contributed by atoms with Crippen LogP contribution in [-0.2, 0) is 26.2 Å². The van der Waals surface area contributed by atoms with Crippen LogP contribution in [0, 0.1) is 20.8 Å². The second-order valence-electron chi connectivity index (χ2n) is 9.48. The lowest BCUT2D eigenvalue weighted by atomic mass is 10.1. The van der Waals surface area contributed by atoms with E-state index >= 15 is 0 Å². The van der Waals surface area contributed by atoms with E-state index in [1.807, 2.05) is 26.8 Å². The van der Waals surface area contributed by atoms with Crippen molar-refractivity contribution in [3.05, 3.63) is 93.0 Å². The lowest BCUT2D eigenvalue weighted by Crippen LogP contribution is -2.51. The molecule has 0 aromatic heterocycles. The predicted octanol–water partition coefficient (Wildman–Crippen LogP) is 5.67. The number of nitrogens with one attached hydrogen (secondary N) is 1. The molecule has 0 bridgehead atoms. The van der Waals surface area contributed by atoms with E-state index in [0.29, 0.717) is 27.7 Å². The average molecular weight is 591 g/mol. The van der Waals surface area contributed by atoms with Crippen LogP contribution in [0.2, 0.25) is 10.0 Å². The molecular formula is C29H33Cl2N3O4S. The first-order valence-electron chi connectivity index (χ1n) is 12.5. The summed E-state index contributed by atoms with van der Waals surface area (Å²) in [6, 6.07) is 16.0. The lowest BCUT2D eigenvalue weighted by molar-refractivity contribution is -0.140. The number of hydrogen-bond donors (Lipinski definition) is 1. The summed E-state index contributed by atoms with van der Waals surface area (Å²) < 4.78 is 29.0. The Hall–Kier alpha value is -3.07. The minimum absolute atomic E-state index is 0.0346. The third-order valence-electron chi connectivity index (χ3n) is 6.35. The number of hydrogen-bond acceptors (Lipinski definition) is 4. The fraction of sp³-hybridized carbons (Fsp3) is 0.310. The summed E-state index contributed by atoms with van der Waals surface area (Å²) in [4.78, 5) is 28.3. The van der Waals surface area contributed by atoms with Crippen LogP contribution in [0.15, 0.2) is 65.6 Å². The van der Waals surface area contributed by atoms with E-state index in [2.05, 4.69) is 5.32 Å². The molecule has 0 spiro atoms. The lowest BCUT2D eigenvalue weighted by Gasteiger charge is -2.33. The van der Waals surface area contributed by atoms with Crippen LogP contribution in [0.1, 0.15) is 35.6 Å². The Morgan fingerprint density at radius 3 is 2.03 bits per heavy atom. The number of amides is 2. The number of benzene rings is 3. The van der Waals surface area contributed by atoms with Crippen molar-refractivity contribution >= 4 is 50.7 Å². The quantitative estimate of drug-likeness (QED) is 0.330. The van der Waals surface area contributed by atoms with E-state index in [1.165, 1.54) is 24.1 Å². The summed E-state index contributed by atoms with van der Waals surface area (Å²) in [5, 5.41) is 3.28. The van der Waals surface area contributed by atoms with Crippen LogP contribution in [0.25, 0.3) is 0 Å². The predicted molar refractivity (Wildman–Crippen MR) is 157 cm³/mol. The molecule has 0 aliphatic carbocycles. The van der Waals surface area contributed by atoms with E-state index in [4.69, 9.17) is 23.2 Å². The molecule has 3 aromatic carbocycles. The van der Waals surface area contributed by atoms with Crippen molar-refractivity contribution in [1.29, 1.82) is 0 Å². The highest BCUT2D eigenvalue weighted by Crippen LogP contribution is 2.28. The zero-order valence-corrected chi connectivity index (χ0v) is 25.0. The van der Waals surface area contributed by atoms with Crippen molar-refractivity contribution in [3.63, 3.8) is 0 Å². The number of likely N-dealkylation sites (N-methyl/N-ethyl adjacent to an activating group) is 1. The Kier molecular flexibility index (Phi) is 10.0. The number of aryl methyl sites for hydroxylation is 3. The highest BCUT2D eigenvalue weighted by Gasteiger charge is 2.33. The smallest absolute Gasteiger partial charge is 0.264 e. The zero-order chi connectivity index (χ0) is 28.9. The molecular weight excluding hydrogens is 557 g/mol. The van der Waals surface area contributed by atoms with Crippen molar-refractivity contribution in [3.8, 4) is 0 Å². The molecule has 0 saturated heterocycles. The highest BCUT2D eigenvalue weighted by molar-refractivity contribution is 7.92. The van der Waals surface area contributed by atoms with E-state index in [-0.39, 0.29) is 17.3 Å². The van der Waals surface area contributed by atoms with Crippen molar-refractivity contribution in [2.75, 3.05) is 17.9 Å². The molecule has 0 aliphatic heterocycles. The third-order valence-corrected chi connectivity index (χ3v) is 8.88. The molecule has 1 N–H and O–H groups in total. The van der Waals surface area contributed by atoms with Gasteiger partial charge < -0.3 is 10.2 Å². The summed E-state index contributed by atoms with van der Waals surface area (Å²) in [5.74, 6) is -0.892. The second kappa shape index (κ2) is 12.9. The van der Waals surface area contributed by atoms with Gasteiger partial charge in [0.1, 0.15) is 12.6 Å². The van der Waals surface area contributed by atoms with E-state index in [0.717, 1.165) is 21.0 Å². The number of halogens is 2. The van der Waals surface area contributed by atoms with E-state index in [1.54, 1.807) is 49.4 Å². The first-order chi connectivity index (χ1) is 18.4. The number of carbonyl (C=O) groups is 2. The van der Waals surface area contributed by atoms with Crippen molar-refractivity contribution in [2.24, 2.45) is 0 Å². The Balaban J connectivity index is 2.10. The maximum absolute atomic E-state index is 14.0. The average Bonchev–Trinajstić information content (AvgIpc) is 2.88. The molecule has 0 heterocycles. The van der Waals surface area contributed by atoms with Gasteiger partial charge in [-0.25, -0.2) is 8.42 Å². The molecule has 208 valence electrons. The largest absolute Gasteiger partial charge is 0.357 e. The number of nitrogens with zero attached hydrogens (tertiary/aromatic N) is 2. The number of rotatable bonds is 10. The Labute approximate surface area is 240 Å². The van der Waals surface area contributed by atoms with E-state index in [9.17, 15) is 18.0 Å². The van der Waals surface area contributed by atoms with Crippen molar-refractivity contribution in [1.82, 2.24) is 10.2 Å². The van der Waals surface area contributed by atoms with Crippen LogP contribution >= 0.6 is 23.2 Å². The topological polar surface area (TPSA) is 86.8 Å². The standard InChI is InChI=1S/C29H33Cl2N3O4S/c1-6-27(29(36)32-5)33(17-22-9-12-25(30)26(31)16-22)28(35)18-34(23-14-20(3)13-21(4)15-23)39(37,38)24-10-7-19(2)8-11-24/h7-16,27H,6,17-18H2,1-5H3,(H,32,36)/t27-/m0/s1. The van der Waals surface area contributed by atoms with E-state index < -0.39 is 28.5 Å². The maximum Gasteiger partial charge on any atom is 0.264 e. The first kappa shape index (κ1) is 30.5. The first-order valence-corrected chi connectivity index (χ1v) is 14.7. The van der Waals surface area contributed by atoms with Gasteiger partial charge in [0, 0.05) is 13.6 Å². The Morgan fingerprint density at radius 1 is 0.872 bits per heavy atom. The van der Waals surface area contributed by atoms with Crippen molar-refractivity contribution < 1.29 is 18.0 Å². The van der Waals surface area contributed by atoms with Crippen LogP contribution in [-0.4, -0.2) is 44.8 Å². The fourth-order valence-corrected chi connectivity index (χ4v) is 6.10. The normalized spacial score (nSPS) is 12.1. The van der Waals surface area contributed by atoms with Gasteiger partial charge in [-0.2, -0.15) is 0 Å². The molecule has 10 heteroatoms. The van der Waals surface area contributed by atoms with Gasteiger partial charge in [0.25, 0.3) is 10.0 Å². The van der Waals surface area contributed by atoms with Crippen LogP contribution in [0.5, 0.6) is 0 Å². The van der Waals surface area contributed by atoms with Gasteiger partial charge in [-0.15, -0.1) is 0 Å². The van der Waals surface area contributed by atoms with Gasteiger partial charge in [0.2, 0.25) is 11.8 Å². The third kappa shape index (κ3) is 7.32. The van der Waals surface area contributed by atoms with Gasteiger partial charge in [0.05, 0.1) is 20.6 Å². The van der Waals surface area contributed by atoms with Gasteiger partial charge in [0.15, 0.2) is 0 Å². The molecule has 2 amide bonds. The molecule has 3 aromatic rings. The molecule has 0 saturated carbocycles. The summed E-state index contributed by atoms with van der Waals surface area (Å²) in [6.45, 7) is 6.92.